The summed E-state index contributed by atoms with van der Waals surface area (Å²) in [6.45, 7) is 11.2. The first-order chi connectivity index (χ1) is 8.36. The van der Waals surface area contributed by atoms with Crippen molar-refractivity contribution in [1.82, 2.24) is 29.9 Å². The number of hydrogen-bond donors (Lipinski definition) is 0. The lowest BCUT2D eigenvalue weighted by atomic mass is 10.6. The van der Waals surface area contributed by atoms with Gasteiger partial charge in [0.2, 0.25) is 0 Å². The molecule has 0 unspecified atom stereocenters. The Bertz CT molecular complexity index is 388. The molecule has 2 aromatic heterocycles. The van der Waals surface area contributed by atoms with Gasteiger partial charge in [0, 0.05) is 0 Å². The zero-order chi connectivity index (χ0) is 13.7. The third-order valence-electron chi connectivity index (χ3n) is 1.94. The monoisotopic (exact) mass is 262 g/mol. The van der Waals surface area contributed by atoms with Gasteiger partial charge in [-0.3, -0.25) is 0 Å². The van der Waals surface area contributed by atoms with Gasteiger partial charge in [0.05, 0.1) is 0 Å². The highest BCUT2D eigenvalue weighted by Gasteiger charge is 1.92. The summed E-state index contributed by atoms with van der Waals surface area (Å²) in [4.78, 5) is 24.1. The summed E-state index contributed by atoms with van der Waals surface area (Å²) in [6, 6.07) is 0. The van der Waals surface area contributed by atoms with E-state index in [2.05, 4.69) is 29.9 Å². The van der Waals surface area contributed by atoms with Crippen molar-refractivity contribution < 1.29 is 0 Å². The van der Waals surface area contributed by atoms with Crippen LogP contribution in [-0.2, 0) is 0 Å². The van der Waals surface area contributed by atoms with E-state index in [1.807, 2.05) is 41.5 Å². The summed E-state index contributed by atoms with van der Waals surface area (Å²) in [5.74, 6) is 4.75. The smallest absolute Gasteiger partial charge is 0.129 e. The average Bonchev–Trinajstić information content (AvgIpc) is 2.12. The lowest BCUT2D eigenvalue weighted by molar-refractivity contribution is 0.874. The Labute approximate surface area is 114 Å². The fourth-order valence-corrected chi connectivity index (χ4v) is 1.55. The van der Waals surface area contributed by atoms with E-state index >= 15 is 0 Å². The molecule has 0 amide bonds. The van der Waals surface area contributed by atoms with Gasteiger partial charge in [0.15, 0.2) is 0 Å². The second-order valence-corrected chi connectivity index (χ2v) is 3.95. The van der Waals surface area contributed by atoms with Gasteiger partial charge in [0.1, 0.15) is 34.9 Å². The van der Waals surface area contributed by atoms with Crippen molar-refractivity contribution in [2.45, 2.75) is 49.0 Å². The topological polar surface area (TPSA) is 77.3 Å². The molecule has 0 radical (unpaired) electrons. The maximum Gasteiger partial charge on any atom is 0.129 e. The molecule has 6 nitrogen and oxygen atoms in total. The third-order valence-corrected chi connectivity index (χ3v) is 1.94. The Hall–Kier alpha value is -1.98. The molecular formula is C13H22N6. The average molecular weight is 262 g/mol. The Morgan fingerprint density at radius 2 is 0.474 bits per heavy atom. The molecule has 2 aromatic rings. The molecule has 0 saturated heterocycles. The quantitative estimate of drug-likeness (QED) is 0.724. The molecule has 0 bridgehead atoms. The molecule has 2 heterocycles. The van der Waals surface area contributed by atoms with Crippen molar-refractivity contribution in [3.63, 3.8) is 0 Å². The van der Waals surface area contributed by atoms with Crippen molar-refractivity contribution in [3.05, 3.63) is 34.9 Å². The minimum atomic E-state index is 0. The van der Waals surface area contributed by atoms with Crippen LogP contribution in [0.15, 0.2) is 0 Å². The summed E-state index contributed by atoms with van der Waals surface area (Å²) >= 11 is 0. The van der Waals surface area contributed by atoms with E-state index in [-0.39, 0.29) is 7.43 Å². The highest BCUT2D eigenvalue weighted by atomic mass is 15.0. The Balaban J connectivity index is 0.000000324. The van der Waals surface area contributed by atoms with Crippen molar-refractivity contribution in [3.8, 4) is 0 Å². The van der Waals surface area contributed by atoms with Gasteiger partial charge < -0.3 is 0 Å². The molecule has 2 rings (SSSR count). The fourth-order valence-electron chi connectivity index (χ4n) is 1.55. The van der Waals surface area contributed by atoms with Crippen molar-refractivity contribution in [2.24, 2.45) is 0 Å². The molecule has 104 valence electrons. The molecule has 0 N–H and O–H groups in total. The Morgan fingerprint density at radius 1 is 0.368 bits per heavy atom. The van der Waals surface area contributed by atoms with Gasteiger partial charge in [-0.2, -0.15) is 0 Å². The summed E-state index contributed by atoms with van der Waals surface area (Å²) in [6.07, 6.45) is 0. The number of rotatable bonds is 0. The van der Waals surface area contributed by atoms with Gasteiger partial charge in [-0.05, 0) is 41.5 Å². The van der Waals surface area contributed by atoms with Gasteiger partial charge in [-0.15, -0.1) is 0 Å². The maximum atomic E-state index is 4.01. The van der Waals surface area contributed by atoms with E-state index in [9.17, 15) is 0 Å². The molecule has 19 heavy (non-hydrogen) atoms. The van der Waals surface area contributed by atoms with Crippen molar-refractivity contribution in [1.29, 1.82) is 0 Å². The summed E-state index contributed by atoms with van der Waals surface area (Å²) in [7, 11) is 0. The van der Waals surface area contributed by atoms with E-state index in [0.29, 0.717) is 0 Å². The number of aromatic nitrogens is 6. The lowest BCUT2D eigenvalue weighted by Crippen LogP contribution is -1.97. The zero-order valence-corrected chi connectivity index (χ0v) is 11.7. The van der Waals surface area contributed by atoms with E-state index in [1.165, 1.54) is 0 Å². The lowest BCUT2D eigenvalue weighted by Gasteiger charge is -1.94. The first-order valence-corrected chi connectivity index (χ1v) is 5.68. The first kappa shape index (κ1) is 17.0. The summed E-state index contributed by atoms with van der Waals surface area (Å²) < 4.78 is 0. The Morgan fingerprint density at radius 3 is 0.579 bits per heavy atom. The van der Waals surface area contributed by atoms with Crippen LogP contribution in [0.4, 0.5) is 0 Å². The number of nitrogens with zero attached hydrogens (tertiary/aromatic N) is 6. The molecule has 0 aliphatic carbocycles. The maximum absolute atomic E-state index is 4.01. The van der Waals surface area contributed by atoms with Crippen LogP contribution in [0.1, 0.15) is 42.4 Å². The third kappa shape index (κ3) is 6.49. The molecule has 0 aliphatic heterocycles. The normalized spacial score (nSPS) is 9.16. The SMILES string of the molecule is C.Cc1nc(C)nc(C)n1.Cc1nc(C)nc(C)n1. The van der Waals surface area contributed by atoms with Crippen molar-refractivity contribution in [2.75, 3.05) is 0 Å². The molecule has 0 fully saturated rings. The molecule has 0 spiro atoms. The minimum Gasteiger partial charge on any atom is -0.219 e. The van der Waals surface area contributed by atoms with Gasteiger partial charge >= 0.3 is 0 Å². The zero-order valence-electron chi connectivity index (χ0n) is 11.7. The predicted molar refractivity (Wildman–Crippen MR) is 74.8 cm³/mol. The molecule has 0 aromatic carbocycles. The fraction of sp³-hybridized carbons (Fsp3) is 0.538. The van der Waals surface area contributed by atoms with Crippen LogP contribution in [0.25, 0.3) is 0 Å². The summed E-state index contributed by atoms with van der Waals surface area (Å²) in [5, 5.41) is 0. The highest BCUT2D eigenvalue weighted by molar-refractivity contribution is 4.92. The van der Waals surface area contributed by atoms with E-state index in [4.69, 9.17) is 0 Å². The van der Waals surface area contributed by atoms with Crippen LogP contribution in [-0.4, -0.2) is 29.9 Å². The molecule has 0 saturated carbocycles. The van der Waals surface area contributed by atoms with E-state index < -0.39 is 0 Å². The standard InChI is InChI=1S/2C6H9N3.CH4/c2*1-4-7-5(2)9-6(3)8-4;/h2*1-3H3;1H4. The van der Waals surface area contributed by atoms with Crippen LogP contribution in [0.3, 0.4) is 0 Å². The second-order valence-electron chi connectivity index (χ2n) is 3.95. The number of hydrogen-bond acceptors (Lipinski definition) is 6. The summed E-state index contributed by atoms with van der Waals surface area (Å²) in [5.41, 5.74) is 0. The van der Waals surface area contributed by atoms with Crippen LogP contribution in [0.2, 0.25) is 0 Å². The first-order valence-electron chi connectivity index (χ1n) is 5.68. The van der Waals surface area contributed by atoms with Gasteiger partial charge in [0.25, 0.3) is 0 Å². The van der Waals surface area contributed by atoms with Crippen LogP contribution in [0, 0.1) is 41.5 Å². The highest BCUT2D eigenvalue weighted by Crippen LogP contribution is 1.91. The molecule has 0 atom stereocenters. The van der Waals surface area contributed by atoms with E-state index in [0.717, 1.165) is 34.9 Å². The number of aryl methyl sites for hydroxylation is 6. The van der Waals surface area contributed by atoms with Crippen LogP contribution >= 0.6 is 0 Å². The minimum absolute atomic E-state index is 0. The Kier molecular flexibility index (Phi) is 6.68. The van der Waals surface area contributed by atoms with E-state index in [1.54, 1.807) is 0 Å². The van der Waals surface area contributed by atoms with Crippen LogP contribution < -0.4 is 0 Å². The molecular weight excluding hydrogens is 240 g/mol. The largest absolute Gasteiger partial charge is 0.219 e. The second kappa shape index (κ2) is 7.45. The predicted octanol–water partition coefficient (Wildman–Crippen LogP) is 2.23. The van der Waals surface area contributed by atoms with Gasteiger partial charge in [-0.25, -0.2) is 29.9 Å². The van der Waals surface area contributed by atoms with Crippen molar-refractivity contribution >= 4 is 0 Å². The van der Waals surface area contributed by atoms with Crippen LogP contribution in [0.5, 0.6) is 0 Å². The molecule has 0 aliphatic rings. The van der Waals surface area contributed by atoms with Gasteiger partial charge in [-0.1, -0.05) is 7.43 Å². The molecule has 6 heteroatoms.